The molecule has 1 aromatic heterocycles. The molecule has 0 radical (unpaired) electrons. The average Bonchev–Trinajstić information content (AvgIpc) is 2.27. The maximum atomic E-state index is 13.1. The molecule has 2 N–H and O–H groups in total. The average molecular weight is 240 g/mol. The van der Waals surface area contributed by atoms with E-state index < -0.39 is 5.82 Å². The van der Waals surface area contributed by atoms with Gasteiger partial charge in [-0.05, 0) is 12.1 Å². The van der Waals surface area contributed by atoms with Crippen LogP contribution < -0.4 is 10.5 Å². The Morgan fingerprint density at radius 1 is 1.38 bits per heavy atom. The van der Waals surface area contributed by atoms with Crippen molar-refractivity contribution in [1.82, 2.24) is 9.97 Å². The molecule has 0 spiro atoms. The van der Waals surface area contributed by atoms with Crippen molar-refractivity contribution in [1.29, 1.82) is 0 Å². The minimum absolute atomic E-state index is 0.0306. The topological polar surface area (TPSA) is 61.0 Å². The van der Waals surface area contributed by atoms with Gasteiger partial charge >= 0.3 is 0 Å². The molecule has 0 atom stereocenters. The molecule has 0 aliphatic rings. The first-order valence-electron chi connectivity index (χ1n) is 4.35. The van der Waals surface area contributed by atoms with Crippen molar-refractivity contribution >= 4 is 17.3 Å². The zero-order valence-electron chi connectivity index (χ0n) is 8.02. The lowest BCUT2D eigenvalue weighted by atomic mass is 10.3. The van der Waals surface area contributed by atoms with Crippen LogP contribution in [-0.4, -0.2) is 9.97 Å². The van der Waals surface area contributed by atoms with Gasteiger partial charge in [0.25, 0.3) is 0 Å². The second kappa shape index (κ2) is 4.32. The maximum Gasteiger partial charge on any atom is 0.245 e. The molecule has 0 saturated carbocycles. The van der Waals surface area contributed by atoms with E-state index in [4.69, 9.17) is 22.1 Å². The van der Waals surface area contributed by atoms with Gasteiger partial charge in [-0.2, -0.15) is 4.98 Å². The molecular formula is C10H7ClFN3O. The van der Waals surface area contributed by atoms with Crippen LogP contribution in [0.25, 0.3) is 0 Å². The van der Waals surface area contributed by atoms with Gasteiger partial charge in [0.1, 0.15) is 23.6 Å². The predicted molar refractivity (Wildman–Crippen MR) is 57.9 cm³/mol. The molecule has 0 bridgehead atoms. The molecule has 2 aromatic rings. The van der Waals surface area contributed by atoms with Gasteiger partial charge in [0.2, 0.25) is 5.88 Å². The molecule has 0 saturated heterocycles. The van der Waals surface area contributed by atoms with E-state index in [-0.39, 0.29) is 22.3 Å². The normalized spacial score (nSPS) is 10.1. The molecule has 0 aliphatic carbocycles. The van der Waals surface area contributed by atoms with Crippen LogP contribution in [0.15, 0.2) is 30.7 Å². The second-order valence-electron chi connectivity index (χ2n) is 2.96. The van der Waals surface area contributed by atoms with Gasteiger partial charge in [-0.15, -0.1) is 0 Å². The molecule has 1 aromatic carbocycles. The third kappa shape index (κ3) is 2.20. The van der Waals surface area contributed by atoms with Crippen LogP contribution in [0, 0.1) is 5.82 Å². The quantitative estimate of drug-likeness (QED) is 0.875. The van der Waals surface area contributed by atoms with E-state index in [9.17, 15) is 4.39 Å². The Morgan fingerprint density at radius 2 is 2.19 bits per heavy atom. The third-order valence-electron chi connectivity index (χ3n) is 1.81. The molecule has 2 rings (SSSR count). The number of anilines is 1. The molecule has 0 amide bonds. The zero-order chi connectivity index (χ0) is 11.5. The Labute approximate surface area is 95.9 Å². The molecule has 0 fully saturated rings. The Morgan fingerprint density at radius 3 is 2.88 bits per heavy atom. The van der Waals surface area contributed by atoms with Gasteiger partial charge < -0.3 is 10.5 Å². The summed E-state index contributed by atoms with van der Waals surface area (Å²) in [6, 6.07) is 4.07. The van der Waals surface area contributed by atoms with Crippen LogP contribution in [0.1, 0.15) is 0 Å². The molecule has 6 heteroatoms. The largest absolute Gasteiger partial charge is 0.437 e. The number of halogens is 2. The molecule has 82 valence electrons. The summed E-state index contributed by atoms with van der Waals surface area (Å²) in [4.78, 5) is 7.52. The number of hydrogen-bond donors (Lipinski definition) is 1. The van der Waals surface area contributed by atoms with Crippen LogP contribution >= 0.6 is 11.6 Å². The molecular weight excluding hydrogens is 233 g/mol. The highest BCUT2D eigenvalue weighted by atomic mass is 35.5. The Balaban J connectivity index is 2.28. The van der Waals surface area contributed by atoms with Crippen molar-refractivity contribution in [3.8, 4) is 11.6 Å². The van der Waals surface area contributed by atoms with Crippen molar-refractivity contribution in [2.75, 3.05) is 5.73 Å². The fourth-order valence-corrected chi connectivity index (χ4v) is 1.18. The molecule has 1 heterocycles. The van der Waals surface area contributed by atoms with Gasteiger partial charge in [0, 0.05) is 6.07 Å². The van der Waals surface area contributed by atoms with Gasteiger partial charge in [-0.1, -0.05) is 11.6 Å². The minimum Gasteiger partial charge on any atom is -0.437 e. The summed E-state index contributed by atoms with van der Waals surface area (Å²) in [6.07, 6.45) is 2.69. The summed E-state index contributed by atoms with van der Waals surface area (Å²) in [7, 11) is 0. The van der Waals surface area contributed by atoms with E-state index in [0.29, 0.717) is 0 Å². The number of hydrogen-bond acceptors (Lipinski definition) is 4. The zero-order valence-corrected chi connectivity index (χ0v) is 8.78. The van der Waals surface area contributed by atoms with E-state index >= 15 is 0 Å². The Hall–Kier alpha value is -1.88. The number of aromatic nitrogens is 2. The number of nitrogen functional groups attached to an aromatic ring is 1. The van der Waals surface area contributed by atoms with Crippen molar-refractivity contribution < 1.29 is 9.13 Å². The number of benzene rings is 1. The number of ether oxygens (including phenoxy) is 1. The van der Waals surface area contributed by atoms with Crippen molar-refractivity contribution in [2.45, 2.75) is 0 Å². The van der Waals surface area contributed by atoms with E-state index in [0.717, 1.165) is 6.07 Å². The monoisotopic (exact) mass is 239 g/mol. The fourth-order valence-electron chi connectivity index (χ4n) is 1.07. The highest BCUT2D eigenvalue weighted by Crippen LogP contribution is 2.26. The van der Waals surface area contributed by atoms with E-state index in [2.05, 4.69) is 9.97 Å². The lowest BCUT2D eigenvalue weighted by molar-refractivity contribution is 0.459. The highest BCUT2D eigenvalue weighted by Gasteiger charge is 2.06. The summed E-state index contributed by atoms with van der Waals surface area (Å²) in [5, 5.41) is 0.0306. The van der Waals surface area contributed by atoms with E-state index in [1.54, 1.807) is 0 Å². The summed E-state index contributed by atoms with van der Waals surface area (Å²) in [5.41, 5.74) is 5.84. The highest BCUT2D eigenvalue weighted by molar-refractivity contribution is 6.30. The fraction of sp³-hybridized carbons (Fsp3) is 0. The summed E-state index contributed by atoms with van der Waals surface area (Å²) in [5.74, 6) is -0.115. The van der Waals surface area contributed by atoms with Gasteiger partial charge in [0.05, 0.1) is 11.2 Å². The molecule has 0 aliphatic heterocycles. The SMILES string of the molecule is Nc1cncnc1Oc1ccc(Cl)c(F)c1. The standard InChI is InChI=1S/C10H7ClFN3O/c11-7-2-1-6(3-8(7)12)16-10-9(13)4-14-5-15-10/h1-5H,13H2. The smallest absolute Gasteiger partial charge is 0.245 e. The van der Waals surface area contributed by atoms with Crippen LogP contribution in [-0.2, 0) is 0 Å². The minimum atomic E-state index is -0.563. The molecule has 4 nitrogen and oxygen atoms in total. The van der Waals surface area contributed by atoms with Crippen molar-refractivity contribution in [3.05, 3.63) is 41.6 Å². The van der Waals surface area contributed by atoms with Gasteiger partial charge in [-0.25, -0.2) is 9.37 Å². The van der Waals surface area contributed by atoms with Crippen LogP contribution in [0.3, 0.4) is 0 Å². The Bertz CT molecular complexity index is 521. The molecule has 0 unspecified atom stereocenters. The van der Waals surface area contributed by atoms with Crippen molar-refractivity contribution in [3.63, 3.8) is 0 Å². The number of nitrogens with two attached hydrogens (primary N) is 1. The van der Waals surface area contributed by atoms with Crippen LogP contribution in [0.5, 0.6) is 11.6 Å². The second-order valence-corrected chi connectivity index (χ2v) is 3.37. The summed E-state index contributed by atoms with van der Waals surface area (Å²) < 4.78 is 18.4. The van der Waals surface area contributed by atoms with Crippen LogP contribution in [0.4, 0.5) is 10.1 Å². The van der Waals surface area contributed by atoms with Crippen molar-refractivity contribution in [2.24, 2.45) is 0 Å². The van der Waals surface area contributed by atoms with Crippen LogP contribution in [0.2, 0.25) is 5.02 Å². The van der Waals surface area contributed by atoms with Gasteiger partial charge in [-0.3, -0.25) is 0 Å². The van der Waals surface area contributed by atoms with E-state index in [1.165, 1.54) is 24.7 Å². The first-order valence-corrected chi connectivity index (χ1v) is 4.73. The van der Waals surface area contributed by atoms with Gasteiger partial charge in [0.15, 0.2) is 0 Å². The lowest BCUT2D eigenvalue weighted by Gasteiger charge is -2.06. The predicted octanol–water partition coefficient (Wildman–Crippen LogP) is 2.64. The maximum absolute atomic E-state index is 13.1. The Kier molecular flexibility index (Phi) is 2.87. The number of rotatable bonds is 2. The first kappa shape index (κ1) is 10.6. The first-order chi connectivity index (χ1) is 7.66. The number of nitrogens with zero attached hydrogens (tertiary/aromatic N) is 2. The lowest BCUT2D eigenvalue weighted by Crippen LogP contribution is -1.95. The summed E-state index contributed by atoms with van der Waals surface area (Å²) in [6.45, 7) is 0. The molecule has 16 heavy (non-hydrogen) atoms. The third-order valence-corrected chi connectivity index (χ3v) is 2.11. The summed E-state index contributed by atoms with van der Waals surface area (Å²) >= 11 is 5.53. The van der Waals surface area contributed by atoms with E-state index in [1.807, 2.05) is 0 Å².